The number of methoxy groups -OCH3 is 1. The Hall–Kier alpha value is -1.37. The van der Waals surface area contributed by atoms with E-state index in [1.54, 1.807) is 7.11 Å². The number of nitrogens with zero attached hydrogens (tertiary/aromatic N) is 1. The molecule has 0 radical (unpaired) electrons. The summed E-state index contributed by atoms with van der Waals surface area (Å²) >= 11 is 0. The monoisotopic (exact) mass is 218 g/mol. The number of aryl methyl sites for hydroxylation is 2. The third kappa shape index (κ3) is 3.06. The summed E-state index contributed by atoms with van der Waals surface area (Å²) in [6.07, 6.45) is 0. The summed E-state index contributed by atoms with van der Waals surface area (Å²) in [5.74, 6) is 0. The first-order valence-electron chi connectivity index (χ1n) is 5.38. The molecule has 1 rings (SSSR count). The minimum Gasteiger partial charge on any atom is -0.383 e. The Morgan fingerprint density at radius 3 is 2.50 bits per heavy atom. The highest BCUT2D eigenvalue weighted by Gasteiger charge is 2.14. The molecule has 3 heteroatoms. The average Bonchev–Trinajstić information content (AvgIpc) is 2.26. The molecule has 3 nitrogen and oxygen atoms in total. The Balaban J connectivity index is 2.83. The summed E-state index contributed by atoms with van der Waals surface area (Å²) < 4.78 is 4.96. The first kappa shape index (κ1) is 12.7. The standard InChI is InChI=1S/C13H18N2O/c1-10-5-4-6-11(2)13(10)12(9-14)15-7-8-16-3/h4-6,12,15H,7-8H2,1-3H3. The predicted molar refractivity (Wildman–Crippen MR) is 64.1 cm³/mol. The molecule has 1 aromatic carbocycles. The maximum Gasteiger partial charge on any atom is 0.121 e. The summed E-state index contributed by atoms with van der Waals surface area (Å²) in [6, 6.07) is 8.12. The molecule has 0 amide bonds. The zero-order valence-corrected chi connectivity index (χ0v) is 10.1. The summed E-state index contributed by atoms with van der Waals surface area (Å²) in [4.78, 5) is 0. The Bertz CT molecular complexity index is 362. The van der Waals surface area contributed by atoms with Gasteiger partial charge in [-0.05, 0) is 30.5 Å². The number of ether oxygens (including phenoxy) is 1. The van der Waals surface area contributed by atoms with Gasteiger partial charge in [-0.15, -0.1) is 0 Å². The quantitative estimate of drug-likeness (QED) is 0.770. The minimum atomic E-state index is -0.253. The largest absolute Gasteiger partial charge is 0.383 e. The highest BCUT2D eigenvalue weighted by atomic mass is 16.5. The molecule has 1 aromatic rings. The van der Waals surface area contributed by atoms with Gasteiger partial charge >= 0.3 is 0 Å². The zero-order chi connectivity index (χ0) is 12.0. The fourth-order valence-electron chi connectivity index (χ4n) is 1.80. The number of nitriles is 1. The molecule has 1 N–H and O–H groups in total. The van der Waals surface area contributed by atoms with Gasteiger partial charge in [0.2, 0.25) is 0 Å². The van der Waals surface area contributed by atoms with Crippen molar-refractivity contribution in [1.29, 1.82) is 5.26 Å². The van der Waals surface area contributed by atoms with Crippen molar-refractivity contribution >= 4 is 0 Å². The van der Waals surface area contributed by atoms with E-state index in [4.69, 9.17) is 4.74 Å². The SMILES string of the molecule is COCCNC(C#N)c1c(C)cccc1C. The first-order valence-corrected chi connectivity index (χ1v) is 5.38. The van der Waals surface area contributed by atoms with Crippen LogP contribution in [-0.2, 0) is 4.74 Å². The van der Waals surface area contributed by atoms with E-state index in [1.807, 2.05) is 32.0 Å². The molecule has 0 aliphatic heterocycles. The van der Waals surface area contributed by atoms with Crippen molar-refractivity contribution in [1.82, 2.24) is 5.32 Å². The molecule has 0 spiro atoms. The highest BCUT2D eigenvalue weighted by Crippen LogP contribution is 2.20. The second-order valence-electron chi connectivity index (χ2n) is 3.81. The molecule has 1 atom stereocenters. The number of rotatable bonds is 5. The van der Waals surface area contributed by atoms with Crippen molar-refractivity contribution in [2.24, 2.45) is 0 Å². The Kier molecular flexibility index (Phi) is 4.97. The Morgan fingerprint density at radius 1 is 1.38 bits per heavy atom. The van der Waals surface area contributed by atoms with Crippen LogP contribution < -0.4 is 5.32 Å². The van der Waals surface area contributed by atoms with Crippen LogP contribution >= 0.6 is 0 Å². The van der Waals surface area contributed by atoms with Gasteiger partial charge in [0.1, 0.15) is 6.04 Å². The summed E-state index contributed by atoms with van der Waals surface area (Å²) in [7, 11) is 1.65. The lowest BCUT2D eigenvalue weighted by Gasteiger charge is -2.16. The van der Waals surface area contributed by atoms with Crippen LogP contribution in [0.3, 0.4) is 0 Å². The van der Waals surface area contributed by atoms with Crippen LogP contribution in [0.25, 0.3) is 0 Å². The Labute approximate surface area is 97.0 Å². The smallest absolute Gasteiger partial charge is 0.121 e. The van der Waals surface area contributed by atoms with Gasteiger partial charge in [-0.3, -0.25) is 5.32 Å². The Morgan fingerprint density at radius 2 is 2.00 bits per heavy atom. The zero-order valence-electron chi connectivity index (χ0n) is 10.1. The van der Waals surface area contributed by atoms with Crippen molar-refractivity contribution in [2.75, 3.05) is 20.3 Å². The topological polar surface area (TPSA) is 45.0 Å². The van der Waals surface area contributed by atoms with Crippen LogP contribution in [0.1, 0.15) is 22.7 Å². The van der Waals surface area contributed by atoms with E-state index in [9.17, 15) is 5.26 Å². The van der Waals surface area contributed by atoms with E-state index < -0.39 is 0 Å². The van der Waals surface area contributed by atoms with Crippen LogP contribution in [0, 0.1) is 25.2 Å². The predicted octanol–water partition coefficient (Wildman–Crippen LogP) is 2.10. The normalized spacial score (nSPS) is 12.1. The van der Waals surface area contributed by atoms with Gasteiger partial charge in [0.05, 0.1) is 12.7 Å². The van der Waals surface area contributed by atoms with E-state index in [-0.39, 0.29) is 6.04 Å². The molecule has 16 heavy (non-hydrogen) atoms. The summed E-state index contributed by atoms with van der Waals surface area (Å²) in [5, 5.41) is 12.4. The van der Waals surface area contributed by atoms with E-state index in [0.29, 0.717) is 13.2 Å². The molecule has 0 saturated heterocycles. The molecule has 0 bridgehead atoms. The lowest BCUT2D eigenvalue weighted by Crippen LogP contribution is -2.25. The molecular weight excluding hydrogens is 200 g/mol. The maximum atomic E-state index is 9.17. The summed E-state index contributed by atoms with van der Waals surface area (Å²) in [6.45, 7) is 5.36. The number of benzene rings is 1. The van der Waals surface area contributed by atoms with Crippen LogP contribution in [0.15, 0.2) is 18.2 Å². The molecular formula is C13H18N2O. The lowest BCUT2D eigenvalue weighted by molar-refractivity contribution is 0.198. The van der Waals surface area contributed by atoms with Crippen LogP contribution in [0.4, 0.5) is 0 Å². The van der Waals surface area contributed by atoms with E-state index >= 15 is 0 Å². The summed E-state index contributed by atoms with van der Waals surface area (Å²) in [5.41, 5.74) is 3.38. The average molecular weight is 218 g/mol. The van der Waals surface area contributed by atoms with Crippen molar-refractivity contribution in [3.63, 3.8) is 0 Å². The van der Waals surface area contributed by atoms with Gasteiger partial charge in [0.15, 0.2) is 0 Å². The van der Waals surface area contributed by atoms with Gasteiger partial charge in [0.25, 0.3) is 0 Å². The van der Waals surface area contributed by atoms with Crippen LogP contribution in [-0.4, -0.2) is 20.3 Å². The molecule has 0 saturated carbocycles. The molecule has 0 aromatic heterocycles. The van der Waals surface area contributed by atoms with Crippen LogP contribution in [0.5, 0.6) is 0 Å². The molecule has 0 heterocycles. The van der Waals surface area contributed by atoms with Crippen molar-refractivity contribution in [3.05, 3.63) is 34.9 Å². The molecule has 0 fully saturated rings. The van der Waals surface area contributed by atoms with E-state index in [2.05, 4.69) is 11.4 Å². The van der Waals surface area contributed by atoms with Crippen LogP contribution in [0.2, 0.25) is 0 Å². The van der Waals surface area contributed by atoms with Gasteiger partial charge in [-0.2, -0.15) is 5.26 Å². The number of nitrogens with one attached hydrogen (secondary N) is 1. The van der Waals surface area contributed by atoms with Gasteiger partial charge in [-0.25, -0.2) is 0 Å². The number of hydrogen-bond acceptors (Lipinski definition) is 3. The van der Waals surface area contributed by atoms with E-state index in [1.165, 1.54) is 0 Å². The highest BCUT2D eigenvalue weighted by molar-refractivity contribution is 5.38. The second-order valence-corrected chi connectivity index (χ2v) is 3.81. The molecule has 0 aliphatic rings. The minimum absolute atomic E-state index is 0.253. The second kappa shape index (κ2) is 6.26. The van der Waals surface area contributed by atoms with Crippen molar-refractivity contribution in [3.8, 4) is 6.07 Å². The lowest BCUT2D eigenvalue weighted by atomic mass is 9.97. The fraction of sp³-hybridized carbons (Fsp3) is 0.462. The van der Waals surface area contributed by atoms with Gasteiger partial charge < -0.3 is 4.74 Å². The first-order chi connectivity index (χ1) is 7.70. The van der Waals surface area contributed by atoms with Crippen molar-refractivity contribution < 1.29 is 4.74 Å². The number of hydrogen-bond donors (Lipinski definition) is 1. The third-order valence-corrected chi connectivity index (χ3v) is 2.61. The van der Waals surface area contributed by atoms with Gasteiger partial charge in [0, 0.05) is 13.7 Å². The van der Waals surface area contributed by atoms with Gasteiger partial charge in [-0.1, -0.05) is 18.2 Å². The maximum absolute atomic E-state index is 9.17. The van der Waals surface area contributed by atoms with E-state index in [0.717, 1.165) is 16.7 Å². The van der Waals surface area contributed by atoms with Crippen molar-refractivity contribution in [2.45, 2.75) is 19.9 Å². The molecule has 1 unspecified atom stereocenters. The fourth-order valence-corrected chi connectivity index (χ4v) is 1.80. The third-order valence-electron chi connectivity index (χ3n) is 2.61. The molecule has 0 aliphatic carbocycles. The molecule has 86 valence electrons.